The number of hydrogen-bond donors (Lipinski definition) is 0. The van der Waals surface area contributed by atoms with Crippen molar-refractivity contribution in [1.29, 1.82) is 0 Å². The van der Waals surface area contributed by atoms with E-state index in [0.717, 1.165) is 24.2 Å². The van der Waals surface area contributed by atoms with Crippen LogP contribution in [0, 0.1) is 28.6 Å². The third-order valence-electron chi connectivity index (χ3n) is 8.76. The molecule has 4 rings (SSSR count). The van der Waals surface area contributed by atoms with Gasteiger partial charge in [-0.3, -0.25) is 4.79 Å². The standard InChI is InChI=1S/C22H36INO/c1-20(2,3)24-18-9-8-14-15-7-6-11-21(15,4)12-10-16(14)22(18,5)13-17(23)19(24)25/h14-18H,6-13H2,1-5H3/t14-,15-,16-,17?,18+,21-,22+/m0/s1. The number of carbonyl (C=O) groups is 1. The first kappa shape index (κ1) is 18.6. The van der Waals surface area contributed by atoms with Gasteiger partial charge >= 0.3 is 0 Å². The molecule has 2 nitrogen and oxygen atoms in total. The first-order valence-corrected chi connectivity index (χ1v) is 11.8. The summed E-state index contributed by atoms with van der Waals surface area (Å²) < 4.78 is 0.161. The maximum atomic E-state index is 13.1. The molecular weight excluding hydrogens is 421 g/mol. The highest BCUT2D eigenvalue weighted by atomic mass is 127. The Morgan fingerprint density at radius 3 is 2.44 bits per heavy atom. The van der Waals surface area contributed by atoms with E-state index in [9.17, 15) is 4.79 Å². The average Bonchev–Trinajstić information content (AvgIpc) is 2.89. The summed E-state index contributed by atoms with van der Waals surface area (Å²) in [5, 5.41) is 0. The third kappa shape index (κ3) is 2.64. The van der Waals surface area contributed by atoms with Crippen molar-refractivity contribution in [2.24, 2.45) is 28.6 Å². The molecule has 0 N–H and O–H groups in total. The molecule has 4 fully saturated rings. The first-order valence-electron chi connectivity index (χ1n) is 10.6. The second-order valence-corrected chi connectivity index (χ2v) is 12.6. The van der Waals surface area contributed by atoms with Gasteiger partial charge in [-0.05, 0) is 94.3 Å². The van der Waals surface area contributed by atoms with E-state index in [4.69, 9.17) is 0 Å². The number of alkyl halides is 1. The molecule has 0 bridgehead atoms. The summed E-state index contributed by atoms with van der Waals surface area (Å²) in [5.41, 5.74) is 0.887. The fourth-order valence-electron chi connectivity index (χ4n) is 7.72. The van der Waals surface area contributed by atoms with Crippen LogP contribution in [0.15, 0.2) is 0 Å². The molecule has 1 unspecified atom stereocenters. The van der Waals surface area contributed by atoms with Gasteiger partial charge in [0.25, 0.3) is 0 Å². The van der Waals surface area contributed by atoms with Crippen LogP contribution in [-0.4, -0.2) is 26.3 Å². The fraction of sp³-hybridized carbons (Fsp3) is 0.955. The van der Waals surface area contributed by atoms with E-state index < -0.39 is 0 Å². The molecule has 3 aliphatic carbocycles. The summed E-state index contributed by atoms with van der Waals surface area (Å²) in [4.78, 5) is 15.4. The molecule has 142 valence electrons. The van der Waals surface area contributed by atoms with Crippen molar-refractivity contribution in [3.8, 4) is 0 Å². The highest BCUT2D eigenvalue weighted by molar-refractivity contribution is 14.1. The van der Waals surface area contributed by atoms with Crippen LogP contribution in [0.3, 0.4) is 0 Å². The topological polar surface area (TPSA) is 20.3 Å². The van der Waals surface area contributed by atoms with Crippen LogP contribution >= 0.6 is 22.6 Å². The van der Waals surface area contributed by atoms with E-state index in [1.54, 1.807) is 0 Å². The monoisotopic (exact) mass is 457 g/mol. The van der Waals surface area contributed by atoms with Gasteiger partial charge in [0.1, 0.15) is 0 Å². The normalized spacial score (nSPS) is 50.2. The molecule has 1 heterocycles. The van der Waals surface area contributed by atoms with Crippen molar-refractivity contribution >= 4 is 28.5 Å². The highest BCUT2D eigenvalue weighted by Crippen LogP contribution is 2.65. The predicted molar refractivity (Wildman–Crippen MR) is 112 cm³/mol. The maximum Gasteiger partial charge on any atom is 0.236 e. The zero-order chi connectivity index (χ0) is 18.2. The molecule has 4 aliphatic rings. The predicted octanol–water partition coefficient (Wildman–Crippen LogP) is 5.82. The van der Waals surface area contributed by atoms with Crippen molar-refractivity contribution in [1.82, 2.24) is 4.90 Å². The minimum absolute atomic E-state index is 0.0593. The van der Waals surface area contributed by atoms with Crippen LogP contribution < -0.4 is 0 Å². The van der Waals surface area contributed by atoms with Crippen LogP contribution in [0.2, 0.25) is 0 Å². The number of rotatable bonds is 0. The van der Waals surface area contributed by atoms with Crippen molar-refractivity contribution in [3.05, 3.63) is 0 Å². The van der Waals surface area contributed by atoms with Crippen molar-refractivity contribution in [3.63, 3.8) is 0 Å². The number of likely N-dealkylation sites (tertiary alicyclic amines) is 1. The van der Waals surface area contributed by atoms with Crippen molar-refractivity contribution in [2.75, 3.05) is 0 Å². The van der Waals surface area contributed by atoms with Gasteiger partial charge in [-0.2, -0.15) is 0 Å². The first-order chi connectivity index (χ1) is 11.6. The van der Waals surface area contributed by atoms with E-state index in [1.165, 1.54) is 44.9 Å². The van der Waals surface area contributed by atoms with Crippen LogP contribution in [0.1, 0.15) is 86.0 Å². The molecule has 3 saturated carbocycles. The lowest BCUT2D eigenvalue weighted by molar-refractivity contribution is -0.169. The molecule has 0 spiro atoms. The molecule has 0 aromatic carbocycles. The summed E-state index contributed by atoms with van der Waals surface area (Å²) in [6, 6.07) is 0.457. The van der Waals surface area contributed by atoms with Crippen LogP contribution in [0.4, 0.5) is 0 Å². The van der Waals surface area contributed by atoms with E-state index in [0.29, 0.717) is 22.8 Å². The zero-order valence-corrected chi connectivity index (χ0v) is 18.9. The Bertz CT molecular complexity index is 569. The Morgan fingerprint density at radius 1 is 1.04 bits per heavy atom. The van der Waals surface area contributed by atoms with Gasteiger partial charge < -0.3 is 4.90 Å². The van der Waals surface area contributed by atoms with Gasteiger partial charge in [-0.15, -0.1) is 0 Å². The number of amides is 1. The minimum atomic E-state index is -0.0593. The maximum absolute atomic E-state index is 13.1. The SMILES string of the molecule is CC(C)(C)N1C(=O)C(I)C[C@]2(C)[C@H]3CC[C@]4(C)CCC[C@H]4[C@@H]3CC[C@@H]12. The van der Waals surface area contributed by atoms with Gasteiger partial charge in [0.2, 0.25) is 5.91 Å². The Kier molecular flexibility index (Phi) is 4.34. The lowest BCUT2D eigenvalue weighted by Crippen LogP contribution is -2.68. The third-order valence-corrected chi connectivity index (χ3v) is 9.73. The van der Waals surface area contributed by atoms with Gasteiger partial charge in [-0.1, -0.05) is 42.9 Å². The quantitative estimate of drug-likeness (QED) is 0.332. The fourth-order valence-corrected chi connectivity index (χ4v) is 8.97. The summed E-state index contributed by atoms with van der Waals surface area (Å²) >= 11 is 2.44. The second kappa shape index (κ2) is 5.85. The summed E-state index contributed by atoms with van der Waals surface area (Å²) in [5.74, 6) is 3.10. The van der Waals surface area contributed by atoms with Gasteiger partial charge in [0.15, 0.2) is 0 Å². The van der Waals surface area contributed by atoms with Gasteiger partial charge in [-0.25, -0.2) is 0 Å². The molecule has 0 aromatic rings. The lowest BCUT2D eigenvalue weighted by Gasteiger charge is -2.64. The second-order valence-electron chi connectivity index (χ2n) is 11.1. The van der Waals surface area contributed by atoms with E-state index in [-0.39, 0.29) is 9.46 Å². The number of halogens is 1. The van der Waals surface area contributed by atoms with Gasteiger partial charge in [0, 0.05) is 11.6 Å². The van der Waals surface area contributed by atoms with Crippen LogP contribution in [0.25, 0.3) is 0 Å². The molecular formula is C22H36INO. The number of carbonyl (C=O) groups excluding carboxylic acids is 1. The summed E-state index contributed by atoms with van der Waals surface area (Å²) in [7, 11) is 0. The zero-order valence-electron chi connectivity index (χ0n) is 16.8. The molecule has 0 radical (unpaired) electrons. The smallest absolute Gasteiger partial charge is 0.236 e. The van der Waals surface area contributed by atoms with Gasteiger partial charge in [0.05, 0.1) is 3.92 Å². The van der Waals surface area contributed by atoms with E-state index >= 15 is 0 Å². The Balaban J connectivity index is 1.70. The van der Waals surface area contributed by atoms with Crippen molar-refractivity contribution in [2.45, 2.75) is 101 Å². The van der Waals surface area contributed by atoms with Crippen molar-refractivity contribution < 1.29 is 4.79 Å². The molecule has 1 saturated heterocycles. The summed E-state index contributed by atoms with van der Waals surface area (Å²) in [6.45, 7) is 11.9. The van der Waals surface area contributed by atoms with E-state index in [2.05, 4.69) is 62.1 Å². The number of piperidine rings is 1. The molecule has 3 heteroatoms. The Labute approximate surface area is 168 Å². The highest BCUT2D eigenvalue weighted by Gasteiger charge is 2.61. The molecule has 1 amide bonds. The minimum Gasteiger partial charge on any atom is -0.333 e. The molecule has 0 aromatic heterocycles. The molecule has 7 atom stereocenters. The number of hydrogen-bond acceptors (Lipinski definition) is 1. The van der Waals surface area contributed by atoms with E-state index in [1.807, 2.05) is 0 Å². The average molecular weight is 457 g/mol. The largest absolute Gasteiger partial charge is 0.333 e. The number of nitrogens with zero attached hydrogens (tertiary/aromatic N) is 1. The lowest BCUT2D eigenvalue weighted by atomic mass is 9.47. The number of fused-ring (bicyclic) bond motifs is 5. The summed E-state index contributed by atoms with van der Waals surface area (Å²) in [6.07, 6.45) is 10.9. The molecule has 25 heavy (non-hydrogen) atoms. The van der Waals surface area contributed by atoms with Crippen LogP contribution in [0.5, 0.6) is 0 Å². The molecule has 1 aliphatic heterocycles. The van der Waals surface area contributed by atoms with Crippen LogP contribution in [-0.2, 0) is 4.79 Å². The Hall–Kier alpha value is 0.200. The Morgan fingerprint density at radius 2 is 1.76 bits per heavy atom.